The van der Waals surface area contributed by atoms with Crippen LogP contribution in [-0.2, 0) is 19.1 Å². The molecule has 0 aromatic heterocycles. The number of carbonyl (C=O) groups is 4. The predicted octanol–water partition coefficient (Wildman–Crippen LogP) is -0.797. The summed E-state index contributed by atoms with van der Waals surface area (Å²) in [6.45, 7) is 4.27. The lowest BCUT2D eigenvalue weighted by molar-refractivity contribution is -0.226. The number of aliphatic hydroxyl groups is 3. The summed E-state index contributed by atoms with van der Waals surface area (Å²) in [4.78, 5) is 46.6. The monoisotopic (exact) mass is 462 g/mol. The fourth-order valence-electron chi connectivity index (χ4n) is 6.49. The number of phenols is 2. The Balaban J connectivity index is 0.000000200. The van der Waals surface area contributed by atoms with E-state index in [4.69, 9.17) is 14.9 Å². The minimum Gasteiger partial charge on any atom is -0.507 e. The SMILES string of the molecule is CC1=CC(=O)C23OC(=O)C4C(C)(O)C2C(O)(C(=O)O)C1C43O.Cc1cc(O)c(C=O)c(O)c1. The van der Waals surface area contributed by atoms with E-state index in [1.54, 1.807) is 6.92 Å². The second-order valence-electron chi connectivity index (χ2n) is 9.22. The number of benzene rings is 1. The molecule has 3 fully saturated rings. The molecule has 1 aliphatic heterocycles. The number of rotatable bonds is 2. The van der Waals surface area contributed by atoms with E-state index in [1.165, 1.54) is 19.1 Å². The number of ketones is 1. The van der Waals surface area contributed by atoms with E-state index in [-0.39, 0.29) is 22.6 Å². The normalized spacial score (nSPS) is 41.8. The lowest BCUT2D eigenvalue weighted by Crippen LogP contribution is -2.67. The topological polar surface area (TPSA) is 199 Å². The number of carboxylic acid groups (broad SMARTS) is 1. The fraction of sp³-hybridized carbons (Fsp3) is 0.455. The Morgan fingerprint density at radius 2 is 1.61 bits per heavy atom. The molecule has 5 bridgehead atoms. The Morgan fingerprint density at radius 1 is 1.06 bits per heavy atom. The van der Waals surface area contributed by atoms with Gasteiger partial charge in [-0.25, -0.2) is 4.79 Å². The van der Waals surface area contributed by atoms with Crippen LogP contribution in [0.3, 0.4) is 0 Å². The van der Waals surface area contributed by atoms with Crippen molar-refractivity contribution in [1.29, 1.82) is 0 Å². The molecule has 1 saturated heterocycles. The van der Waals surface area contributed by atoms with Gasteiger partial charge in [0.1, 0.15) is 23.0 Å². The summed E-state index contributed by atoms with van der Waals surface area (Å²) in [6, 6.07) is 2.84. The molecule has 11 nitrogen and oxygen atoms in total. The van der Waals surface area contributed by atoms with Gasteiger partial charge in [0.15, 0.2) is 11.9 Å². The van der Waals surface area contributed by atoms with Gasteiger partial charge in [-0.1, -0.05) is 5.57 Å². The molecule has 0 amide bonds. The highest BCUT2D eigenvalue weighted by Gasteiger charge is 2.98. The lowest BCUT2D eigenvalue weighted by atomic mass is 9.60. The lowest BCUT2D eigenvalue weighted by Gasteiger charge is -2.48. The van der Waals surface area contributed by atoms with E-state index in [2.05, 4.69) is 0 Å². The number of esters is 1. The number of aliphatic carboxylic acids is 1. The maximum absolute atomic E-state index is 12.5. The Kier molecular flexibility index (Phi) is 4.44. The van der Waals surface area contributed by atoms with E-state index in [0.717, 1.165) is 13.0 Å². The molecule has 2 saturated carbocycles. The molecule has 3 aliphatic carbocycles. The van der Waals surface area contributed by atoms with Gasteiger partial charge in [0.2, 0.25) is 11.4 Å². The Morgan fingerprint density at radius 3 is 2.09 bits per heavy atom. The van der Waals surface area contributed by atoms with Crippen molar-refractivity contribution in [2.75, 3.05) is 0 Å². The third kappa shape index (κ3) is 2.29. The number of hydrogen-bond acceptors (Lipinski definition) is 10. The van der Waals surface area contributed by atoms with Gasteiger partial charge in [-0.15, -0.1) is 0 Å². The second-order valence-corrected chi connectivity index (χ2v) is 9.22. The number of aldehydes is 1. The average molecular weight is 462 g/mol. The van der Waals surface area contributed by atoms with Crippen LogP contribution in [0.25, 0.3) is 0 Å². The minimum absolute atomic E-state index is 0.0596. The molecule has 11 heteroatoms. The van der Waals surface area contributed by atoms with Crippen molar-refractivity contribution in [2.45, 2.75) is 43.2 Å². The Hall–Kier alpha value is -3.28. The molecule has 5 rings (SSSR count). The van der Waals surface area contributed by atoms with Crippen LogP contribution in [0, 0.1) is 24.7 Å². The van der Waals surface area contributed by atoms with Crippen LogP contribution in [0.1, 0.15) is 29.8 Å². The van der Waals surface area contributed by atoms with Crippen molar-refractivity contribution in [2.24, 2.45) is 17.8 Å². The van der Waals surface area contributed by atoms with Crippen molar-refractivity contribution in [3.63, 3.8) is 0 Å². The summed E-state index contributed by atoms with van der Waals surface area (Å²) >= 11 is 0. The van der Waals surface area contributed by atoms with Gasteiger partial charge in [0.05, 0.1) is 23.0 Å². The van der Waals surface area contributed by atoms with E-state index in [1.807, 2.05) is 0 Å². The molecule has 1 aromatic carbocycles. The maximum atomic E-state index is 12.5. The highest BCUT2D eigenvalue weighted by molar-refractivity contribution is 6.09. The Labute approximate surface area is 186 Å². The molecule has 4 aliphatic rings. The van der Waals surface area contributed by atoms with Gasteiger partial charge in [-0.05, 0) is 44.5 Å². The first kappa shape index (κ1) is 22.9. The number of aromatic hydroxyl groups is 2. The largest absolute Gasteiger partial charge is 0.507 e. The van der Waals surface area contributed by atoms with Crippen molar-refractivity contribution in [1.82, 2.24) is 0 Å². The standard InChI is InChI=1S/C14H14O8.C8H8O3/c1-4-3-5(15)14-9-11(2,19)7(8(16)22-14)13(14,21)6(4)12(9,20)10(17)18;1-5-2-7(10)6(4-9)8(11)3-5/h3,6-7,9,19-21H,1-2H3,(H,17,18);2-4,10-11H,1H3. The van der Waals surface area contributed by atoms with Gasteiger partial charge in [-0.2, -0.15) is 0 Å². The third-order valence-corrected chi connectivity index (χ3v) is 7.35. The second kappa shape index (κ2) is 6.40. The number of ether oxygens (including phenoxy) is 1. The van der Waals surface area contributed by atoms with Crippen LogP contribution >= 0.6 is 0 Å². The molecule has 176 valence electrons. The van der Waals surface area contributed by atoms with Crippen LogP contribution < -0.4 is 0 Å². The Bertz CT molecular complexity index is 1140. The van der Waals surface area contributed by atoms with Gasteiger partial charge >= 0.3 is 11.9 Å². The van der Waals surface area contributed by atoms with Crippen molar-refractivity contribution < 1.29 is 54.6 Å². The van der Waals surface area contributed by atoms with Gasteiger partial charge in [0, 0.05) is 0 Å². The smallest absolute Gasteiger partial charge is 0.337 e. The summed E-state index contributed by atoms with van der Waals surface area (Å²) < 4.78 is 5.08. The first-order chi connectivity index (χ1) is 15.1. The van der Waals surface area contributed by atoms with Crippen LogP contribution in [0.5, 0.6) is 11.5 Å². The molecule has 6 N–H and O–H groups in total. The van der Waals surface area contributed by atoms with Gasteiger partial charge in [-0.3, -0.25) is 14.4 Å². The highest BCUT2D eigenvalue weighted by Crippen LogP contribution is 2.76. The zero-order valence-electron chi connectivity index (χ0n) is 17.8. The minimum atomic E-state index is -2.61. The first-order valence-electron chi connectivity index (χ1n) is 9.97. The number of carbonyl (C=O) groups excluding carboxylic acids is 3. The first-order valence-corrected chi connectivity index (χ1v) is 9.97. The van der Waals surface area contributed by atoms with Crippen molar-refractivity contribution in [3.05, 3.63) is 34.9 Å². The molecule has 33 heavy (non-hydrogen) atoms. The summed E-state index contributed by atoms with van der Waals surface area (Å²) in [7, 11) is 0. The van der Waals surface area contributed by atoms with Crippen LogP contribution in [-0.4, -0.2) is 77.1 Å². The molecule has 7 atom stereocenters. The maximum Gasteiger partial charge on any atom is 0.337 e. The zero-order chi connectivity index (χ0) is 24.9. The average Bonchev–Trinajstić information content (AvgIpc) is 3.04. The summed E-state index contributed by atoms with van der Waals surface area (Å²) in [6.07, 6.45) is 1.49. The zero-order valence-corrected chi connectivity index (χ0v) is 17.8. The molecular weight excluding hydrogens is 440 g/mol. The molecule has 0 radical (unpaired) electrons. The summed E-state index contributed by atoms with van der Waals surface area (Å²) in [5.41, 5.74) is -8.42. The van der Waals surface area contributed by atoms with Crippen molar-refractivity contribution >= 4 is 24.0 Å². The summed E-state index contributed by atoms with van der Waals surface area (Å²) in [5, 5.41) is 60.3. The van der Waals surface area contributed by atoms with E-state index < -0.39 is 57.9 Å². The number of aryl methyl sites for hydroxylation is 1. The molecule has 0 spiro atoms. The van der Waals surface area contributed by atoms with Crippen molar-refractivity contribution in [3.8, 4) is 11.5 Å². The predicted molar refractivity (Wildman–Crippen MR) is 106 cm³/mol. The number of phenolic OH excluding ortho intramolecular Hbond substituents is 2. The molecular formula is C22H22O11. The fourth-order valence-corrected chi connectivity index (χ4v) is 6.49. The molecule has 1 heterocycles. The number of carboxylic acids is 1. The van der Waals surface area contributed by atoms with Crippen LogP contribution in [0.15, 0.2) is 23.8 Å². The van der Waals surface area contributed by atoms with Gasteiger partial charge < -0.3 is 35.4 Å². The van der Waals surface area contributed by atoms with Crippen LogP contribution in [0.4, 0.5) is 0 Å². The van der Waals surface area contributed by atoms with Gasteiger partial charge in [0.25, 0.3) is 0 Å². The number of hydrogen-bond donors (Lipinski definition) is 6. The van der Waals surface area contributed by atoms with Crippen LogP contribution in [0.2, 0.25) is 0 Å². The van der Waals surface area contributed by atoms with E-state index >= 15 is 0 Å². The van der Waals surface area contributed by atoms with E-state index in [9.17, 15) is 39.6 Å². The highest BCUT2D eigenvalue weighted by atomic mass is 16.6. The van der Waals surface area contributed by atoms with E-state index in [0.29, 0.717) is 11.8 Å². The molecule has 7 unspecified atom stereocenters. The quantitative estimate of drug-likeness (QED) is 0.238. The third-order valence-electron chi connectivity index (χ3n) is 7.35. The summed E-state index contributed by atoms with van der Waals surface area (Å²) in [5.74, 6) is -8.35. The molecule has 1 aromatic rings.